The van der Waals surface area contributed by atoms with E-state index < -0.39 is 0 Å². The lowest BCUT2D eigenvalue weighted by atomic mass is 9.87. The fourth-order valence-electron chi connectivity index (χ4n) is 3.38. The fraction of sp³-hybridized carbons (Fsp3) is 0.455. The van der Waals surface area contributed by atoms with Crippen molar-refractivity contribution in [2.45, 2.75) is 51.6 Å². The van der Waals surface area contributed by atoms with E-state index >= 15 is 0 Å². The minimum Gasteiger partial charge on any atom is -0.382 e. The lowest BCUT2D eigenvalue weighted by Crippen LogP contribution is -2.38. The first kappa shape index (κ1) is 17.0. The number of rotatable bonds is 4. The molecule has 0 bridgehead atoms. The maximum Gasteiger partial charge on any atom is 0.0342 e. The molecule has 2 nitrogen and oxygen atoms in total. The Bertz CT molecular complexity index is 617. The molecule has 128 valence electrons. The summed E-state index contributed by atoms with van der Waals surface area (Å²) in [7, 11) is 0. The Kier molecular flexibility index (Phi) is 5.25. The molecule has 2 aromatic rings. The van der Waals surface area contributed by atoms with Crippen LogP contribution in [0.15, 0.2) is 54.6 Å². The molecule has 1 fully saturated rings. The van der Waals surface area contributed by atoms with Gasteiger partial charge >= 0.3 is 0 Å². The lowest BCUT2D eigenvalue weighted by molar-refractivity contribution is 0.211. The van der Waals surface area contributed by atoms with Crippen molar-refractivity contribution >= 4 is 5.69 Å². The van der Waals surface area contributed by atoms with E-state index in [0.29, 0.717) is 6.04 Å². The highest BCUT2D eigenvalue weighted by molar-refractivity contribution is 5.46. The molecule has 1 heterocycles. The molecule has 0 aliphatic carbocycles. The molecule has 1 aliphatic heterocycles. The molecule has 1 N–H and O–H groups in total. The topological polar surface area (TPSA) is 15.3 Å². The molecular formula is C22H30N2. The summed E-state index contributed by atoms with van der Waals surface area (Å²) >= 11 is 0. The minimum atomic E-state index is 0.224. The van der Waals surface area contributed by atoms with Crippen LogP contribution in [0.4, 0.5) is 5.69 Å². The normalized spacial score (nSPS) is 17.0. The first-order chi connectivity index (χ1) is 11.5. The number of hydrogen-bond acceptors (Lipinski definition) is 2. The highest BCUT2D eigenvalue weighted by Crippen LogP contribution is 2.24. The quantitative estimate of drug-likeness (QED) is 0.846. The van der Waals surface area contributed by atoms with E-state index in [-0.39, 0.29) is 5.41 Å². The summed E-state index contributed by atoms with van der Waals surface area (Å²) in [6.45, 7) is 10.2. The van der Waals surface area contributed by atoms with Crippen LogP contribution in [0, 0.1) is 0 Å². The van der Waals surface area contributed by atoms with Crippen molar-refractivity contribution in [3.8, 4) is 0 Å². The predicted molar refractivity (Wildman–Crippen MR) is 104 cm³/mol. The lowest BCUT2D eigenvalue weighted by Gasteiger charge is -2.33. The molecule has 3 rings (SSSR count). The van der Waals surface area contributed by atoms with Crippen molar-refractivity contribution in [2.24, 2.45) is 0 Å². The second-order valence-electron chi connectivity index (χ2n) is 8.01. The third kappa shape index (κ3) is 4.61. The second-order valence-corrected chi connectivity index (χ2v) is 8.01. The summed E-state index contributed by atoms with van der Waals surface area (Å²) in [6.07, 6.45) is 2.43. The van der Waals surface area contributed by atoms with Crippen molar-refractivity contribution in [2.75, 3.05) is 18.4 Å². The molecule has 0 amide bonds. The molecule has 0 aromatic heterocycles. The van der Waals surface area contributed by atoms with Crippen LogP contribution in [-0.4, -0.2) is 24.0 Å². The number of piperidine rings is 1. The van der Waals surface area contributed by atoms with Crippen LogP contribution in [0.5, 0.6) is 0 Å². The summed E-state index contributed by atoms with van der Waals surface area (Å²) < 4.78 is 0. The Balaban J connectivity index is 1.48. The van der Waals surface area contributed by atoms with E-state index in [2.05, 4.69) is 85.6 Å². The van der Waals surface area contributed by atoms with Crippen molar-refractivity contribution in [3.63, 3.8) is 0 Å². The Hall–Kier alpha value is -1.80. The van der Waals surface area contributed by atoms with Gasteiger partial charge in [0.2, 0.25) is 0 Å². The third-order valence-electron chi connectivity index (χ3n) is 4.96. The molecule has 0 unspecified atom stereocenters. The predicted octanol–water partition coefficient (Wildman–Crippen LogP) is 5.06. The Morgan fingerprint density at radius 1 is 0.917 bits per heavy atom. The monoisotopic (exact) mass is 322 g/mol. The SMILES string of the molecule is CC(C)(C)c1ccc(NC2CCN(Cc3ccccc3)CC2)cc1. The van der Waals surface area contributed by atoms with Crippen LogP contribution in [-0.2, 0) is 12.0 Å². The molecule has 0 atom stereocenters. The van der Waals surface area contributed by atoms with Gasteiger partial charge in [-0.1, -0.05) is 63.2 Å². The minimum absolute atomic E-state index is 0.224. The van der Waals surface area contributed by atoms with Gasteiger partial charge in [-0.2, -0.15) is 0 Å². The number of nitrogens with zero attached hydrogens (tertiary/aromatic N) is 1. The highest BCUT2D eigenvalue weighted by atomic mass is 15.1. The number of benzene rings is 2. The fourth-order valence-corrected chi connectivity index (χ4v) is 3.38. The molecule has 0 saturated carbocycles. The zero-order valence-electron chi connectivity index (χ0n) is 15.3. The van der Waals surface area contributed by atoms with Crippen LogP contribution in [0.2, 0.25) is 0 Å². The van der Waals surface area contributed by atoms with Crippen molar-refractivity contribution in [1.29, 1.82) is 0 Å². The summed E-state index contributed by atoms with van der Waals surface area (Å²) in [4.78, 5) is 2.57. The highest BCUT2D eigenvalue weighted by Gasteiger charge is 2.19. The van der Waals surface area contributed by atoms with E-state index in [0.717, 1.165) is 6.54 Å². The molecule has 24 heavy (non-hydrogen) atoms. The number of hydrogen-bond donors (Lipinski definition) is 1. The van der Waals surface area contributed by atoms with Crippen LogP contribution >= 0.6 is 0 Å². The Morgan fingerprint density at radius 2 is 1.54 bits per heavy atom. The smallest absolute Gasteiger partial charge is 0.0342 e. The van der Waals surface area contributed by atoms with Crippen LogP contribution in [0.1, 0.15) is 44.7 Å². The van der Waals surface area contributed by atoms with E-state index in [1.165, 1.54) is 42.7 Å². The summed E-state index contributed by atoms with van der Waals surface area (Å²) in [5, 5.41) is 3.72. The second kappa shape index (κ2) is 7.40. The summed E-state index contributed by atoms with van der Waals surface area (Å²) in [5.74, 6) is 0. The van der Waals surface area contributed by atoms with E-state index in [1.54, 1.807) is 0 Å². The third-order valence-corrected chi connectivity index (χ3v) is 4.96. The summed E-state index contributed by atoms with van der Waals surface area (Å²) in [6, 6.07) is 20.4. The first-order valence-corrected chi connectivity index (χ1v) is 9.14. The van der Waals surface area contributed by atoms with Gasteiger partial charge in [-0.05, 0) is 41.5 Å². The van der Waals surface area contributed by atoms with Crippen LogP contribution in [0.3, 0.4) is 0 Å². The number of nitrogens with one attached hydrogen (secondary N) is 1. The maximum absolute atomic E-state index is 3.72. The maximum atomic E-state index is 3.72. The zero-order chi connectivity index (χ0) is 17.0. The van der Waals surface area contributed by atoms with Crippen LogP contribution < -0.4 is 5.32 Å². The molecule has 0 radical (unpaired) electrons. The van der Waals surface area contributed by atoms with Gasteiger partial charge in [-0.15, -0.1) is 0 Å². The van der Waals surface area contributed by atoms with E-state index in [1.807, 2.05) is 0 Å². The zero-order valence-corrected chi connectivity index (χ0v) is 15.3. The van der Waals surface area contributed by atoms with Crippen molar-refractivity contribution in [1.82, 2.24) is 4.90 Å². The van der Waals surface area contributed by atoms with Gasteiger partial charge in [0, 0.05) is 31.4 Å². The Morgan fingerprint density at radius 3 is 2.12 bits per heavy atom. The van der Waals surface area contributed by atoms with Crippen molar-refractivity contribution in [3.05, 3.63) is 65.7 Å². The van der Waals surface area contributed by atoms with Gasteiger partial charge in [-0.3, -0.25) is 4.90 Å². The van der Waals surface area contributed by atoms with Gasteiger partial charge < -0.3 is 5.32 Å². The van der Waals surface area contributed by atoms with E-state index in [4.69, 9.17) is 0 Å². The van der Waals surface area contributed by atoms with Gasteiger partial charge in [0.05, 0.1) is 0 Å². The van der Waals surface area contributed by atoms with Gasteiger partial charge in [0.1, 0.15) is 0 Å². The first-order valence-electron chi connectivity index (χ1n) is 9.14. The molecule has 1 aliphatic rings. The van der Waals surface area contributed by atoms with Gasteiger partial charge in [0.15, 0.2) is 0 Å². The molecule has 0 spiro atoms. The number of anilines is 1. The Labute approximate surface area is 146 Å². The largest absolute Gasteiger partial charge is 0.382 e. The van der Waals surface area contributed by atoms with Crippen molar-refractivity contribution < 1.29 is 0 Å². The standard InChI is InChI=1S/C22H30N2/c1-22(2,3)19-9-11-20(12-10-19)23-21-13-15-24(16-14-21)17-18-7-5-4-6-8-18/h4-12,21,23H,13-17H2,1-3H3. The molecule has 2 heteroatoms. The number of likely N-dealkylation sites (tertiary alicyclic amines) is 1. The van der Waals surface area contributed by atoms with E-state index in [9.17, 15) is 0 Å². The average Bonchev–Trinajstić information content (AvgIpc) is 2.57. The average molecular weight is 322 g/mol. The van der Waals surface area contributed by atoms with Gasteiger partial charge in [0.25, 0.3) is 0 Å². The molecular weight excluding hydrogens is 292 g/mol. The summed E-state index contributed by atoms with van der Waals surface area (Å²) in [5.41, 5.74) is 4.29. The molecule has 2 aromatic carbocycles. The molecule has 1 saturated heterocycles. The van der Waals surface area contributed by atoms with Gasteiger partial charge in [-0.25, -0.2) is 0 Å². The van der Waals surface area contributed by atoms with Crippen LogP contribution in [0.25, 0.3) is 0 Å².